The summed E-state index contributed by atoms with van der Waals surface area (Å²) in [5.41, 5.74) is 1.25. The largest absolute Gasteiger partial charge is 0.508 e. The molecule has 12 heteroatoms. The number of rotatable bonds is 13. The molecule has 4 atom stereocenters. The molecule has 12 nitrogen and oxygen atoms in total. The number of carbonyl (C=O) groups excluding carboxylic acids is 3. The highest BCUT2D eigenvalue weighted by Gasteiger charge is 2.32. The van der Waals surface area contributed by atoms with Gasteiger partial charge in [-0.1, -0.05) is 26.0 Å². The van der Waals surface area contributed by atoms with Crippen LogP contribution in [0.1, 0.15) is 44.4 Å². The molecule has 4 unspecified atom stereocenters. The zero-order valence-corrected chi connectivity index (χ0v) is 21.6. The Hall–Kier alpha value is -3.93. The van der Waals surface area contributed by atoms with Crippen molar-refractivity contribution in [2.75, 3.05) is 6.54 Å². The van der Waals surface area contributed by atoms with E-state index in [1.807, 2.05) is 13.8 Å². The van der Waals surface area contributed by atoms with Crippen molar-refractivity contribution in [2.45, 2.75) is 70.1 Å². The summed E-state index contributed by atoms with van der Waals surface area (Å²) in [6, 6.07) is 2.65. The van der Waals surface area contributed by atoms with Crippen LogP contribution in [0, 0.1) is 5.92 Å². The number of aromatic amines is 1. The van der Waals surface area contributed by atoms with Gasteiger partial charge in [-0.15, -0.1) is 0 Å². The van der Waals surface area contributed by atoms with Crippen LogP contribution in [-0.2, 0) is 32.0 Å². The van der Waals surface area contributed by atoms with Crippen LogP contribution in [0.2, 0.25) is 0 Å². The Labute approximate surface area is 221 Å². The van der Waals surface area contributed by atoms with E-state index in [-0.39, 0.29) is 36.8 Å². The Morgan fingerprint density at radius 2 is 1.68 bits per heavy atom. The van der Waals surface area contributed by atoms with Crippen molar-refractivity contribution in [3.8, 4) is 5.75 Å². The standard InChI is InChI=1S/C26H36N6O6/c1-15(2)10-20(24(35)32-22(26(37)38)12-17-13-27-14-29-17)30-25(36)21(11-16-5-7-18(33)8-6-16)31-23(34)19-4-3-9-28-19/h5-8,13-15,19-22,28,33H,3-4,9-12H2,1-2H3,(H,27,29)(H,30,36)(H,31,34)(H,32,35)(H,37,38). The first kappa shape index (κ1) is 28.6. The summed E-state index contributed by atoms with van der Waals surface area (Å²) in [6.07, 6.45) is 4.80. The first-order valence-electron chi connectivity index (χ1n) is 12.7. The van der Waals surface area contributed by atoms with Gasteiger partial charge in [0.2, 0.25) is 17.7 Å². The van der Waals surface area contributed by atoms with Gasteiger partial charge in [0.15, 0.2) is 0 Å². The van der Waals surface area contributed by atoms with Crippen LogP contribution in [-0.4, -0.2) is 74.6 Å². The number of aromatic hydroxyl groups is 1. The van der Waals surface area contributed by atoms with E-state index < -0.39 is 42.0 Å². The molecule has 1 aromatic heterocycles. The molecule has 1 saturated heterocycles. The van der Waals surface area contributed by atoms with Gasteiger partial charge >= 0.3 is 5.97 Å². The smallest absolute Gasteiger partial charge is 0.326 e. The molecule has 38 heavy (non-hydrogen) atoms. The highest BCUT2D eigenvalue weighted by atomic mass is 16.4. The maximum atomic E-state index is 13.4. The van der Waals surface area contributed by atoms with Crippen LogP contribution in [0.15, 0.2) is 36.8 Å². The SMILES string of the molecule is CC(C)CC(NC(=O)C(Cc1ccc(O)cc1)NC(=O)C1CCCN1)C(=O)NC(Cc1cnc[nH]1)C(=O)O. The predicted octanol–water partition coefficient (Wildman–Crippen LogP) is 0.238. The molecule has 0 bridgehead atoms. The molecular formula is C26H36N6O6. The van der Waals surface area contributed by atoms with Gasteiger partial charge in [-0.05, 0) is 49.4 Å². The van der Waals surface area contributed by atoms with Gasteiger partial charge in [0.1, 0.15) is 23.9 Å². The fourth-order valence-electron chi connectivity index (χ4n) is 4.32. The number of aliphatic carboxylic acids is 1. The third kappa shape index (κ3) is 8.58. The van der Waals surface area contributed by atoms with Crippen molar-refractivity contribution >= 4 is 23.7 Å². The topological polar surface area (TPSA) is 186 Å². The van der Waals surface area contributed by atoms with Gasteiger partial charge in [0, 0.05) is 24.7 Å². The lowest BCUT2D eigenvalue weighted by molar-refractivity contribution is -0.142. The summed E-state index contributed by atoms with van der Waals surface area (Å²) in [5.74, 6) is -2.64. The number of nitrogens with one attached hydrogen (secondary N) is 5. The van der Waals surface area contributed by atoms with E-state index in [9.17, 15) is 29.4 Å². The molecule has 1 aromatic carbocycles. The van der Waals surface area contributed by atoms with E-state index in [2.05, 4.69) is 31.2 Å². The van der Waals surface area contributed by atoms with Crippen molar-refractivity contribution in [3.05, 3.63) is 48.0 Å². The molecule has 1 aliphatic heterocycles. The average molecular weight is 529 g/mol. The normalized spacial score (nSPS) is 17.4. The average Bonchev–Trinajstić information content (AvgIpc) is 3.58. The van der Waals surface area contributed by atoms with Crippen LogP contribution in [0.3, 0.4) is 0 Å². The number of aromatic nitrogens is 2. The molecule has 2 heterocycles. The Kier molecular flexibility index (Phi) is 10.2. The number of imidazole rings is 1. The Bertz CT molecular complexity index is 1080. The molecule has 0 spiro atoms. The number of carboxylic acid groups (broad SMARTS) is 1. The van der Waals surface area contributed by atoms with Gasteiger partial charge in [-0.25, -0.2) is 9.78 Å². The number of hydrogen-bond donors (Lipinski definition) is 7. The van der Waals surface area contributed by atoms with Crippen LogP contribution in [0.25, 0.3) is 0 Å². The number of H-pyrrole nitrogens is 1. The van der Waals surface area contributed by atoms with Gasteiger partial charge in [0.25, 0.3) is 0 Å². The zero-order chi connectivity index (χ0) is 27.7. The van der Waals surface area contributed by atoms with Gasteiger partial charge in [-0.3, -0.25) is 14.4 Å². The molecule has 206 valence electrons. The molecule has 1 fully saturated rings. The number of hydrogen-bond acceptors (Lipinski definition) is 7. The maximum Gasteiger partial charge on any atom is 0.326 e. The maximum absolute atomic E-state index is 13.4. The van der Waals surface area contributed by atoms with Crippen LogP contribution in [0.5, 0.6) is 5.75 Å². The summed E-state index contributed by atoms with van der Waals surface area (Å²) in [7, 11) is 0. The number of nitrogens with zero attached hydrogens (tertiary/aromatic N) is 1. The minimum Gasteiger partial charge on any atom is -0.508 e. The first-order chi connectivity index (χ1) is 18.1. The lowest BCUT2D eigenvalue weighted by Gasteiger charge is -2.26. The third-order valence-corrected chi connectivity index (χ3v) is 6.32. The summed E-state index contributed by atoms with van der Waals surface area (Å²) >= 11 is 0. The number of phenols is 1. The summed E-state index contributed by atoms with van der Waals surface area (Å²) < 4.78 is 0. The highest BCUT2D eigenvalue weighted by molar-refractivity contribution is 5.94. The highest BCUT2D eigenvalue weighted by Crippen LogP contribution is 2.13. The molecule has 0 saturated carbocycles. The minimum atomic E-state index is -1.23. The van der Waals surface area contributed by atoms with Crippen LogP contribution in [0.4, 0.5) is 0 Å². The molecule has 3 rings (SSSR count). The van der Waals surface area contributed by atoms with Crippen molar-refractivity contribution in [3.63, 3.8) is 0 Å². The zero-order valence-electron chi connectivity index (χ0n) is 21.6. The van der Waals surface area contributed by atoms with Crippen molar-refractivity contribution in [2.24, 2.45) is 5.92 Å². The lowest BCUT2D eigenvalue weighted by Crippen LogP contribution is -2.58. The first-order valence-corrected chi connectivity index (χ1v) is 12.7. The van der Waals surface area contributed by atoms with Gasteiger partial charge < -0.3 is 36.5 Å². The molecule has 2 aromatic rings. The Balaban J connectivity index is 1.74. The van der Waals surface area contributed by atoms with E-state index in [4.69, 9.17) is 0 Å². The Morgan fingerprint density at radius 3 is 2.26 bits per heavy atom. The quantitative estimate of drug-likeness (QED) is 0.193. The predicted molar refractivity (Wildman–Crippen MR) is 138 cm³/mol. The summed E-state index contributed by atoms with van der Waals surface area (Å²) in [5, 5.41) is 30.4. The second-order valence-electron chi connectivity index (χ2n) is 9.95. The fraction of sp³-hybridized carbons (Fsp3) is 0.500. The molecule has 1 aliphatic rings. The van der Waals surface area contributed by atoms with E-state index in [0.717, 1.165) is 6.42 Å². The lowest BCUT2D eigenvalue weighted by atomic mass is 10.00. The van der Waals surface area contributed by atoms with E-state index >= 15 is 0 Å². The molecule has 7 N–H and O–H groups in total. The number of benzene rings is 1. The van der Waals surface area contributed by atoms with Gasteiger partial charge in [0.05, 0.1) is 12.4 Å². The van der Waals surface area contributed by atoms with Crippen molar-refractivity contribution in [1.29, 1.82) is 0 Å². The molecular weight excluding hydrogens is 492 g/mol. The van der Waals surface area contributed by atoms with Crippen molar-refractivity contribution < 1.29 is 29.4 Å². The second kappa shape index (κ2) is 13.6. The molecule has 3 amide bonds. The number of carbonyl (C=O) groups is 4. The summed E-state index contributed by atoms with van der Waals surface area (Å²) in [4.78, 5) is 57.9. The number of amides is 3. The second-order valence-corrected chi connectivity index (χ2v) is 9.95. The fourth-order valence-corrected chi connectivity index (χ4v) is 4.32. The molecule has 0 aliphatic carbocycles. The van der Waals surface area contributed by atoms with Crippen LogP contribution < -0.4 is 21.3 Å². The Morgan fingerprint density at radius 1 is 1.00 bits per heavy atom. The number of phenolic OH excluding ortho intramolecular Hbond substituents is 1. The monoisotopic (exact) mass is 528 g/mol. The minimum absolute atomic E-state index is 0.00264. The number of carboxylic acids is 1. The van der Waals surface area contributed by atoms with Crippen molar-refractivity contribution in [1.82, 2.24) is 31.2 Å². The van der Waals surface area contributed by atoms with E-state index in [1.165, 1.54) is 24.7 Å². The van der Waals surface area contributed by atoms with E-state index in [0.29, 0.717) is 24.2 Å². The molecule has 0 radical (unpaired) electrons. The third-order valence-electron chi connectivity index (χ3n) is 6.32. The van der Waals surface area contributed by atoms with Crippen LogP contribution >= 0.6 is 0 Å². The summed E-state index contributed by atoms with van der Waals surface area (Å²) in [6.45, 7) is 4.48. The van der Waals surface area contributed by atoms with E-state index in [1.54, 1.807) is 12.1 Å². The van der Waals surface area contributed by atoms with Gasteiger partial charge in [-0.2, -0.15) is 0 Å².